The van der Waals surface area contributed by atoms with Gasteiger partial charge < -0.3 is 10.1 Å². The molecule has 0 saturated carbocycles. The van der Waals surface area contributed by atoms with Crippen molar-refractivity contribution in [2.24, 2.45) is 0 Å². The van der Waals surface area contributed by atoms with Gasteiger partial charge in [0.2, 0.25) is 5.91 Å². The van der Waals surface area contributed by atoms with Gasteiger partial charge in [0.15, 0.2) is 5.11 Å². The minimum atomic E-state index is -3.67. The summed E-state index contributed by atoms with van der Waals surface area (Å²) in [4.78, 5) is 12.4. The Hall–Kier alpha value is -3.69. The van der Waals surface area contributed by atoms with Crippen molar-refractivity contribution >= 4 is 50.7 Å². The summed E-state index contributed by atoms with van der Waals surface area (Å²) in [7, 11) is -2.11. The first-order valence-electron chi connectivity index (χ1n) is 10.5. The molecule has 0 atom stereocenters. The normalized spacial score (nSPS) is 12.9. The van der Waals surface area contributed by atoms with Gasteiger partial charge in [0, 0.05) is 23.9 Å². The maximum Gasteiger partial charge on any atom is 0.264 e. The van der Waals surface area contributed by atoms with E-state index in [1.807, 2.05) is 42.5 Å². The molecular formula is C25H23N3O4S2. The Kier molecular flexibility index (Phi) is 6.95. The smallest absolute Gasteiger partial charge is 0.264 e. The van der Waals surface area contributed by atoms with Crippen LogP contribution in [0.3, 0.4) is 0 Å². The fourth-order valence-electron chi connectivity index (χ4n) is 3.68. The minimum Gasteiger partial charge on any atom is -0.496 e. The number of rotatable bonds is 6. The van der Waals surface area contributed by atoms with Crippen molar-refractivity contribution in [3.8, 4) is 5.75 Å². The highest BCUT2D eigenvalue weighted by Gasteiger charge is 2.30. The maximum atomic E-state index is 13.1. The van der Waals surface area contributed by atoms with Crippen molar-refractivity contribution in [1.82, 2.24) is 5.32 Å². The first-order chi connectivity index (χ1) is 16.4. The third kappa shape index (κ3) is 5.11. The number of para-hydroxylation sites is 2. The molecule has 0 spiro atoms. The third-order valence-electron chi connectivity index (χ3n) is 5.33. The second kappa shape index (κ2) is 10.1. The summed E-state index contributed by atoms with van der Waals surface area (Å²) in [6.45, 7) is 0.417. The van der Waals surface area contributed by atoms with Gasteiger partial charge in [0.05, 0.1) is 17.7 Å². The number of nitrogens with zero attached hydrogens (tertiary/aromatic N) is 1. The van der Waals surface area contributed by atoms with E-state index in [1.54, 1.807) is 31.4 Å². The molecule has 1 aliphatic heterocycles. The molecule has 34 heavy (non-hydrogen) atoms. The Balaban J connectivity index is 1.37. The topological polar surface area (TPSA) is 87.7 Å². The second-order valence-electron chi connectivity index (χ2n) is 7.50. The van der Waals surface area contributed by atoms with Gasteiger partial charge in [0.25, 0.3) is 10.0 Å². The first-order valence-corrected chi connectivity index (χ1v) is 12.4. The van der Waals surface area contributed by atoms with Gasteiger partial charge in [-0.25, -0.2) is 8.42 Å². The lowest BCUT2D eigenvalue weighted by Crippen LogP contribution is -2.32. The molecule has 0 radical (unpaired) electrons. The molecule has 3 aromatic rings. The van der Waals surface area contributed by atoms with Crippen LogP contribution in [0.4, 0.5) is 11.4 Å². The fourth-order valence-corrected chi connectivity index (χ4v) is 5.40. The van der Waals surface area contributed by atoms with E-state index in [4.69, 9.17) is 17.0 Å². The molecule has 2 N–H and O–H groups in total. The predicted molar refractivity (Wildman–Crippen MR) is 138 cm³/mol. The predicted octanol–water partition coefficient (Wildman–Crippen LogP) is 3.97. The molecule has 1 heterocycles. The van der Waals surface area contributed by atoms with Gasteiger partial charge in [-0.15, -0.1) is 0 Å². The van der Waals surface area contributed by atoms with Crippen LogP contribution in [0.25, 0.3) is 6.08 Å². The Labute approximate surface area is 204 Å². The lowest BCUT2D eigenvalue weighted by Gasteiger charge is -2.19. The number of anilines is 2. The summed E-state index contributed by atoms with van der Waals surface area (Å²) in [5, 5.41) is 5.55. The molecule has 4 rings (SSSR count). The number of hydrogen-bond acceptors (Lipinski definition) is 5. The SMILES string of the molecule is COc1ccccc1C=CC(=O)NC(=S)Nc1ccc(S(=O)(=O)N2CCc3ccccc32)cc1. The average molecular weight is 494 g/mol. The molecule has 3 aromatic carbocycles. The monoisotopic (exact) mass is 493 g/mol. The Morgan fingerprint density at radius 2 is 1.74 bits per heavy atom. The van der Waals surface area contributed by atoms with Crippen molar-refractivity contribution in [3.63, 3.8) is 0 Å². The van der Waals surface area contributed by atoms with E-state index < -0.39 is 15.9 Å². The van der Waals surface area contributed by atoms with Crippen LogP contribution < -0.4 is 19.7 Å². The quantitative estimate of drug-likeness (QED) is 0.399. The van der Waals surface area contributed by atoms with Crippen LogP contribution in [0.1, 0.15) is 11.1 Å². The second-order valence-corrected chi connectivity index (χ2v) is 9.77. The standard InChI is InChI=1S/C25H23N3O4S2/c1-32-23-9-5-3-7-19(23)10-15-24(29)27-25(33)26-20-11-13-21(14-12-20)34(30,31)28-17-16-18-6-2-4-8-22(18)28/h2-15H,16-17H2,1H3,(H2,26,27,29,33). The molecule has 0 unspecified atom stereocenters. The molecule has 9 heteroatoms. The van der Waals surface area contributed by atoms with Crippen molar-refractivity contribution in [1.29, 1.82) is 0 Å². The van der Waals surface area contributed by atoms with E-state index in [0.29, 0.717) is 24.4 Å². The molecule has 0 saturated heterocycles. The third-order valence-corrected chi connectivity index (χ3v) is 7.37. The highest BCUT2D eigenvalue weighted by atomic mass is 32.2. The summed E-state index contributed by atoms with van der Waals surface area (Å²) < 4.78 is 32.9. The number of benzene rings is 3. The van der Waals surface area contributed by atoms with Crippen molar-refractivity contribution in [2.75, 3.05) is 23.3 Å². The number of fused-ring (bicyclic) bond motifs is 1. The highest BCUT2D eigenvalue weighted by molar-refractivity contribution is 7.92. The lowest BCUT2D eigenvalue weighted by molar-refractivity contribution is -0.115. The summed E-state index contributed by atoms with van der Waals surface area (Å²) >= 11 is 5.20. The molecule has 1 aliphatic rings. The zero-order chi connectivity index (χ0) is 24.1. The van der Waals surface area contributed by atoms with Crippen LogP contribution in [0.2, 0.25) is 0 Å². The van der Waals surface area contributed by atoms with Crippen LogP contribution in [0.5, 0.6) is 5.75 Å². The summed E-state index contributed by atoms with van der Waals surface area (Å²) in [5.74, 6) is 0.245. The van der Waals surface area contributed by atoms with Gasteiger partial charge in [-0.05, 0) is 66.7 Å². The van der Waals surface area contributed by atoms with Gasteiger partial charge in [-0.1, -0.05) is 36.4 Å². The maximum absolute atomic E-state index is 13.1. The number of carbonyl (C=O) groups excluding carboxylic acids is 1. The van der Waals surface area contributed by atoms with E-state index in [1.165, 1.54) is 22.5 Å². The van der Waals surface area contributed by atoms with Crippen LogP contribution >= 0.6 is 12.2 Å². The van der Waals surface area contributed by atoms with E-state index in [-0.39, 0.29) is 10.0 Å². The molecule has 1 amide bonds. The highest BCUT2D eigenvalue weighted by Crippen LogP contribution is 2.32. The van der Waals surface area contributed by atoms with Crippen LogP contribution in [0.15, 0.2) is 83.8 Å². The zero-order valence-electron chi connectivity index (χ0n) is 18.4. The molecule has 0 fully saturated rings. The number of methoxy groups -OCH3 is 1. The van der Waals surface area contributed by atoms with Gasteiger partial charge in [-0.2, -0.15) is 0 Å². The van der Waals surface area contributed by atoms with Crippen molar-refractivity contribution in [2.45, 2.75) is 11.3 Å². The molecule has 0 bridgehead atoms. The number of nitrogens with one attached hydrogen (secondary N) is 2. The number of carbonyl (C=O) groups is 1. The largest absolute Gasteiger partial charge is 0.496 e. The van der Waals surface area contributed by atoms with Crippen molar-refractivity contribution in [3.05, 3.63) is 90.0 Å². The number of ether oxygens (including phenoxy) is 1. The van der Waals surface area contributed by atoms with E-state index in [9.17, 15) is 13.2 Å². The van der Waals surface area contributed by atoms with Crippen LogP contribution in [-0.4, -0.2) is 33.1 Å². The van der Waals surface area contributed by atoms with Crippen LogP contribution in [0, 0.1) is 0 Å². The van der Waals surface area contributed by atoms with E-state index >= 15 is 0 Å². The van der Waals surface area contributed by atoms with Crippen molar-refractivity contribution < 1.29 is 17.9 Å². The molecule has 174 valence electrons. The fraction of sp³-hybridized carbons (Fsp3) is 0.120. The lowest BCUT2D eigenvalue weighted by atomic mass is 10.2. The molecule has 0 aliphatic carbocycles. The van der Waals surface area contributed by atoms with Gasteiger partial charge in [-0.3, -0.25) is 14.4 Å². The van der Waals surface area contributed by atoms with E-state index in [2.05, 4.69) is 10.6 Å². The molecule has 0 aromatic heterocycles. The number of hydrogen-bond donors (Lipinski definition) is 2. The Morgan fingerprint density at radius 3 is 2.50 bits per heavy atom. The van der Waals surface area contributed by atoms with Crippen LogP contribution in [-0.2, 0) is 21.2 Å². The number of amides is 1. The molecule has 7 nitrogen and oxygen atoms in total. The summed E-state index contributed by atoms with van der Waals surface area (Å²) in [6, 6.07) is 21.1. The zero-order valence-corrected chi connectivity index (χ0v) is 20.0. The summed E-state index contributed by atoms with van der Waals surface area (Å²) in [6.07, 6.45) is 3.68. The first kappa shape index (κ1) is 23.5. The molecular weight excluding hydrogens is 470 g/mol. The van der Waals surface area contributed by atoms with Gasteiger partial charge >= 0.3 is 0 Å². The Morgan fingerprint density at radius 1 is 1.03 bits per heavy atom. The Bertz CT molecular complexity index is 1350. The summed E-state index contributed by atoms with van der Waals surface area (Å²) in [5.41, 5.74) is 3.05. The minimum absolute atomic E-state index is 0.0961. The number of thiocarbonyl (C=S) groups is 1. The average Bonchev–Trinajstić information content (AvgIpc) is 3.28. The number of sulfonamides is 1. The van der Waals surface area contributed by atoms with E-state index in [0.717, 1.165) is 16.8 Å². The van der Waals surface area contributed by atoms with Gasteiger partial charge in [0.1, 0.15) is 5.75 Å².